The van der Waals surface area contributed by atoms with Gasteiger partial charge in [0.25, 0.3) is 5.91 Å². The molecule has 5 heteroatoms. The summed E-state index contributed by atoms with van der Waals surface area (Å²) in [5.41, 5.74) is 2.25. The number of anilines is 2. The maximum absolute atomic E-state index is 12.6. The minimum absolute atomic E-state index is 0.0108. The summed E-state index contributed by atoms with van der Waals surface area (Å²) in [5, 5.41) is 3.96. The van der Waals surface area contributed by atoms with Crippen LogP contribution >= 0.6 is 11.6 Å². The second kappa shape index (κ2) is 7.01. The zero-order valence-electron chi connectivity index (χ0n) is 13.1. The number of aromatic nitrogens is 1. The number of carbonyl (C=O) groups is 1. The first-order chi connectivity index (χ1) is 11.1. The van der Waals surface area contributed by atoms with Crippen molar-refractivity contribution in [2.45, 2.75) is 19.8 Å². The molecule has 0 bridgehead atoms. The van der Waals surface area contributed by atoms with Gasteiger partial charge in [0.15, 0.2) is 0 Å². The topological polar surface area (TPSA) is 45.2 Å². The molecule has 1 aliphatic rings. The zero-order chi connectivity index (χ0) is 16.2. The van der Waals surface area contributed by atoms with Crippen molar-refractivity contribution in [2.75, 3.05) is 18.4 Å². The predicted octanol–water partition coefficient (Wildman–Crippen LogP) is 4.35. The Morgan fingerprint density at radius 2 is 1.87 bits per heavy atom. The van der Waals surface area contributed by atoms with Crippen LogP contribution in [0, 0.1) is 5.92 Å². The summed E-state index contributed by atoms with van der Waals surface area (Å²) >= 11 is 5.89. The Hall–Kier alpha value is -2.07. The van der Waals surface area contributed by atoms with Crippen LogP contribution < -0.4 is 5.32 Å². The molecule has 3 rings (SSSR count). The van der Waals surface area contributed by atoms with Gasteiger partial charge in [-0.1, -0.05) is 18.5 Å². The number of hydrogen-bond donors (Lipinski definition) is 1. The lowest BCUT2D eigenvalue weighted by Crippen LogP contribution is -2.38. The molecule has 0 unspecified atom stereocenters. The van der Waals surface area contributed by atoms with Crippen molar-refractivity contribution in [3.8, 4) is 0 Å². The van der Waals surface area contributed by atoms with Gasteiger partial charge >= 0.3 is 0 Å². The lowest BCUT2D eigenvalue weighted by atomic mass is 9.99. The molecule has 0 saturated carbocycles. The first-order valence-corrected chi connectivity index (χ1v) is 8.27. The summed E-state index contributed by atoms with van der Waals surface area (Å²) in [5.74, 6) is 0.710. The minimum Gasteiger partial charge on any atom is -0.355 e. The summed E-state index contributed by atoms with van der Waals surface area (Å²) < 4.78 is 0. The van der Waals surface area contributed by atoms with Gasteiger partial charge in [-0.15, -0.1) is 0 Å². The summed E-state index contributed by atoms with van der Waals surface area (Å²) in [6.45, 7) is 3.86. The third kappa shape index (κ3) is 4.02. The van der Waals surface area contributed by atoms with Crippen molar-refractivity contribution in [1.82, 2.24) is 9.88 Å². The highest BCUT2D eigenvalue weighted by atomic mass is 35.5. The molecular formula is C18H20ClN3O. The molecule has 4 nitrogen and oxygen atoms in total. The van der Waals surface area contributed by atoms with E-state index in [-0.39, 0.29) is 5.91 Å². The molecule has 1 aromatic carbocycles. The van der Waals surface area contributed by atoms with Crippen LogP contribution in [0.2, 0.25) is 5.02 Å². The van der Waals surface area contributed by atoms with Crippen molar-refractivity contribution in [3.05, 3.63) is 53.3 Å². The molecule has 0 radical (unpaired) electrons. The predicted molar refractivity (Wildman–Crippen MR) is 93.3 cm³/mol. The molecule has 1 amide bonds. The van der Waals surface area contributed by atoms with Crippen LogP contribution in [0.25, 0.3) is 0 Å². The maximum Gasteiger partial charge on any atom is 0.272 e. The van der Waals surface area contributed by atoms with E-state index in [4.69, 9.17) is 11.6 Å². The van der Waals surface area contributed by atoms with Crippen LogP contribution in [0.4, 0.5) is 11.4 Å². The molecule has 120 valence electrons. The van der Waals surface area contributed by atoms with Crippen molar-refractivity contribution in [2.24, 2.45) is 5.92 Å². The van der Waals surface area contributed by atoms with Crippen molar-refractivity contribution in [1.29, 1.82) is 0 Å². The third-order valence-corrected chi connectivity index (χ3v) is 4.43. The average molecular weight is 330 g/mol. The Labute approximate surface area is 141 Å². The van der Waals surface area contributed by atoms with Gasteiger partial charge in [-0.05, 0) is 55.2 Å². The SMILES string of the molecule is CC1CCN(C(=O)c2cc(Nc3ccc(Cl)cc3)ccn2)CC1. The van der Waals surface area contributed by atoms with Gasteiger partial charge in [-0.25, -0.2) is 0 Å². The first kappa shape index (κ1) is 15.8. The molecular weight excluding hydrogens is 310 g/mol. The number of pyridine rings is 1. The number of benzene rings is 1. The van der Waals surface area contributed by atoms with E-state index < -0.39 is 0 Å². The van der Waals surface area contributed by atoms with Crippen LogP contribution in [0.15, 0.2) is 42.6 Å². The number of likely N-dealkylation sites (tertiary alicyclic amines) is 1. The molecule has 1 fully saturated rings. The third-order valence-electron chi connectivity index (χ3n) is 4.18. The second-order valence-electron chi connectivity index (χ2n) is 6.04. The summed E-state index contributed by atoms with van der Waals surface area (Å²) in [6.07, 6.45) is 3.79. The van der Waals surface area contributed by atoms with Gasteiger partial charge < -0.3 is 10.2 Å². The fourth-order valence-electron chi connectivity index (χ4n) is 2.70. The average Bonchev–Trinajstić information content (AvgIpc) is 2.57. The van der Waals surface area contributed by atoms with Crippen LogP contribution in [0.3, 0.4) is 0 Å². The monoisotopic (exact) mass is 329 g/mol. The number of hydrogen-bond acceptors (Lipinski definition) is 3. The van der Waals surface area contributed by atoms with E-state index in [0.29, 0.717) is 16.6 Å². The van der Waals surface area contributed by atoms with Crippen molar-refractivity contribution < 1.29 is 4.79 Å². The lowest BCUT2D eigenvalue weighted by Gasteiger charge is -2.30. The van der Waals surface area contributed by atoms with Crippen LogP contribution in [-0.2, 0) is 0 Å². The summed E-state index contributed by atoms with van der Waals surface area (Å²) in [4.78, 5) is 18.7. The molecule has 0 spiro atoms. The Balaban J connectivity index is 1.71. The van der Waals surface area contributed by atoms with Gasteiger partial charge in [0, 0.05) is 35.7 Å². The van der Waals surface area contributed by atoms with Crippen molar-refractivity contribution >= 4 is 28.9 Å². The number of amides is 1. The Morgan fingerprint density at radius 3 is 2.57 bits per heavy atom. The van der Waals surface area contributed by atoms with Gasteiger partial charge in [-0.2, -0.15) is 0 Å². The smallest absolute Gasteiger partial charge is 0.272 e. The number of halogens is 1. The molecule has 1 aromatic heterocycles. The molecule has 0 atom stereocenters. The van der Waals surface area contributed by atoms with Crippen molar-refractivity contribution in [3.63, 3.8) is 0 Å². The Bertz CT molecular complexity index is 679. The fraction of sp³-hybridized carbons (Fsp3) is 0.333. The van der Waals surface area contributed by atoms with E-state index in [0.717, 1.165) is 37.3 Å². The zero-order valence-corrected chi connectivity index (χ0v) is 13.9. The highest BCUT2D eigenvalue weighted by Crippen LogP contribution is 2.21. The first-order valence-electron chi connectivity index (χ1n) is 7.90. The van der Waals surface area contributed by atoms with Crippen LogP contribution in [-0.4, -0.2) is 28.9 Å². The molecule has 2 aromatic rings. The highest BCUT2D eigenvalue weighted by molar-refractivity contribution is 6.30. The number of carbonyl (C=O) groups excluding carboxylic acids is 1. The standard InChI is InChI=1S/C18H20ClN3O/c1-13-7-10-22(11-8-13)18(23)17-12-16(6-9-20-17)21-15-4-2-14(19)3-5-15/h2-6,9,12-13H,7-8,10-11H2,1H3,(H,20,21). The second-order valence-corrected chi connectivity index (χ2v) is 6.47. The van der Waals surface area contributed by atoms with Crippen LogP contribution in [0.5, 0.6) is 0 Å². The molecule has 1 saturated heterocycles. The van der Waals surface area contributed by atoms with Gasteiger partial charge in [-0.3, -0.25) is 9.78 Å². The van der Waals surface area contributed by atoms with Gasteiger partial charge in [0.1, 0.15) is 5.69 Å². The molecule has 0 aliphatic carbocycles. The molecule has 1 aliphatic heterocycles. The number of piperidine rings is 1. The maximum atomic E-state index is 12.6. The van der Waals surface area contributed by atoms with Gasteiger partial charge in [0.05, 0.1) is 0 Å². The summed E-state index contributed by atoms with van der Waals surface area (Å²) in [7, 11) is 0. The largest absolute Gasteiger partial charge is 0.355 e. The van der Waals surface area contributed by atoms with E-state index in [9.17, 15) is 4.79 Å². The summed E-state index contributed by atoms with van der Waals surface area (Å²) in [6, 6.07) is 11.1. The van der Waals surface area contributed by atoms with Crippen LogP contribution in [0.1, 0.15) is 30.3 Å². The molecule has 23 heavy (non-hydrogen) atoms. The van der Waals surface area contributed by atoms with E-state index in [1.165, 1.54) is 0 Å². The lowest BCUT2D eigenvalue weighted by molar-refractivity contribution is 0.0691. The molecule has 1 N–H and O–H groups in total. The quantitative estimate of drug-likeness (QED) is 0.910. The number of rotatable bonds is 3. The number of nitrogens with zero attached hydrogens (tertiary/aromatic N) is 2. The molecule has 2 heterocycles. The normalized spacial score (nSPS) is 15.5. The van der Waals surface area contributed by atoms with E-state index in [1.807, 2.05) is 35.2 Å². The minimum atomic E-state index is 0.0108. The fourth-order valence-corrected chi connectivity index (χ4v) is 2.82. The van der Waals surface area contributed by atoms with E-state index >= 15 is 0 Å². The van der Waals surface area contributed by atoms with Gasteiger partial charge in [0.2, 0.25) is 0 Å². The number of nitrogens with one attached hydrogen (secondary N) is 1. The van der Waals surface area contributed by atoms with E-state index in [1.54, 1.807) is 12.3 Å². The highest BCUT2D eigenvalue weighted by Gasteiger charge is 2.22. The Morgan fingerprint density at radius 1 is 1.17 bits per heavy atom. The van der Waals surface area contributed by atoms with E-state index in [2.05, 4.69) is 17.2 Å². The Kier molecular flexibility index (Phi) is 4.82.